The summed E-state index contributed by atoms with van der Waals surface area (Å²) in [5, 5.41) is 2.44. The van der Waals surface area contributed by atoms with Gasteiger partial charge in [-0.05, 0) is 36.6 Å². The predicted molar refractivity (Wildman–Crippen MR) is 86.6 cm³/mol. The topological polar surface area (TPSA) is 89.3 Å². The Morgan fingerprint density at radius 1 is 1.21 bits per heavy atom. The second-order valence-corrected chi connectivity index (χ2v) is 7.84. The van der Waals surface area contributed by atoms with Crippen LogP contribution in [0.3, 0.4) is 0 Å². The summed E-state index contributed by atoms with van der Waals surface area (Å²) in [6, 6.07) is 3.16. The summed E-state index contributed by atoms with van der Waals surface area (Å²) in [5.74, 6) is -1.15. The van der Waals surface area contributed by atoms with Gasteiger partial charge >= 0.3 is 6.18 Å². The van der Waals surface area contributed by atoms with Crippen molar-refractivity contribution in [2.75, 3.05) is 16.8 Å². The molecule has 24 heavy (non-hydrogen) atoms. The molecule has 5 nitrogen and oxygen atoms in total. The normalized spacial score (nSPS) is 17.8. The largest absolute Gasteiger partial charge is 0.416 e. The van der Waals surface area contributed by atoms with Gasteiger partial charge in [-0.2, -0.15) is 13.2 Å². The van der Waals surface area contributed by atoms with Gasteiger partial charge in [0.25, 0.3) is 0 Å². The maximum atomic E-state index is 12.8. The second-order valence-electron chi connectivity index (χ2n) is 5.54. The minimum Gasteiger partial charge on any atom is -0.326 e. The number of hydrogen-bond donors (Lipinski definition) is 2. The third-order valence-corrected chi connectivity index (χ3v) is 5.46. The standard InChI is InChI=1S/C14H17F3N2O3S.ClH/c15-14(16,17)11-5-9(8-18)6-12(7-11)19-13(20)10-1-3-23(21,22)4-2-10;/h5-7,10H,1-4,8,18H2,(H,19,20);1H. The summed E-state index contributed by atoms with van der Waals surface area (Å²) in [6.45, 7) is -0.0888. The van der Waals surface area contributed by atoms with Crippen molar-refractivity contribution >= 4 is 33.8 Å². The SMILES string of the molecule is Cl.NCc1cc(NC(=O)C2CCS(=O)(=O)CC2)cc(C(F)(F)F)c1. The Morgan fingerprint density at radius 2 is 1.79 bits per heavy atom. The molecule has 0 unspecified atom stereocenters. The molecule has 10 heteroatoms. The summed E-state index contributed by atoms with van der Waals surface area (Å²) in [6.07, 6.45) is -4.18. The van der Waals surface area contributed by atoms with Gasteiger partial charge in [0.05, 0.1) is 17.1 Å². The minimum atomic E-state index is -4.54. The molecule has 0 spiro atoms. The van der Waals surface area contributed by atoms with Crippen LogP contribution in [0.25, 0.3) is 0 Å². The predicted octanol–water partition coefficient (Wildman–Crippen LogP) is 2.35. The lowest BCUT2D eigenvalue weighted by molar-refractivity contribution is -0.137. The molecule has 0 bridgehead atoms. The lowest BCUT2D eigenvalue weighted by Gasteiger charge is -2.21. The van der Waals surface area contributed by atoms with Crippen molar-refractivity contribution in [3.63, 3.8) is 0 Å². The van der Waals surface area contributed by atoms with Crippen LogP contribution in [0, 0.1) is 5.92 Å². The Balaban J connectivity index is 0.00000288. The smallest absolute Gasteiger partial charge is 0.326 e. The molecule has 1 aliphatic rings. The van der Waals surface area contributed by atoms with Gasteiger partial charge in [-0.3, -0.25) is 4.79 Å². The molecule has 3 N–H and O–H groups in total. The maximum absolute atomic E-state index is 12.8. The van der Waals surface area contributed by atoms with Crippen LogP contribution in [0.15, 0.2) is 18.2 Å². The van der Waals surface area contributed by atoms with Crippen molar-refractivity contribution in [2.24, 2.45) is 11.7 Å². The fourth-order valence-corrected chi connectivity index (χ4v) is 3.93. The highest BCUT2D eigenvalue weighted by Gasteiger charge is 2.32. The van der Waals surface area contributed by atoms with Gasteiger partial charge in [0.1, 0.15) is 9.84 Å². The zero-order valence-corrected chi connectivity index (χ0v) is 14.2. The van der Waals surface area contributed by atoms with Crippen molar-refractivity contribution in [1.82, 2.24) is 0 Å². The van der Waals surface area contributed by atoms with Crippen LogP contribution in [-0.4, -0.2) is 25.8 Å². The summed E-state index contributed by atoms with van der Waals surface area (Å²) >= 11 is 0. The molecular weight excluding hydrogens is 369 g/mol. The molecule has 0 saturated carbocycles. The van der Waals surface area contributed by atoms with E-state index in [0.717, 1.165) is 12.1 Å². The highest BCUT2D eigenvalue weighted by atomic mass is 35.5. The van der Waals surface area contributed by atoms with Gasteiger partial charge in [0.2, 0.25) is 5.91 Å². The van der Waals surface area contributed by atoms with Crippen molar-refractivity contribution in [2.45, 2.75) is 25.6 Å². The van der Waals surface area contributed by atoms with Crippen molar-refractivity contribution in [3.05, 3.63) is 29.3 Å². The molecule has 1 heterocycles. The van der Waals surface area contributed by atoms with Gasteiger partial charge in [0, 0.05) is 18.2 Å². The third kappa shape index (κ3) is 5.35. The van der Waals surface area contributed by atoms with E-state index in [1.165, 1.54) is 6.07 Å². The number of nitrogens with two attached hydrogens (primary N) is 1. The first-order chi connectivity index (χ1) is 10.6. The van der Waals surface area contributed by atoms with Crippen molar-refractivity contribution in [1.29, 1.82) is 0 Å². The number of anilines is 1. The fourth-order valence-electron chi connectivity index (χ4n) is 2.44. The van der Waals surface area contributed by atoms with E-state index >= 15 is 0 Å². The number of halogens is 4. The van der Waals surface area contributed by atoms with E-state index in [0.29, 0.717) is 0 Å². The van der Waals surface area contributed by atoms with Crippen LogP contribution in [0.1, 0.15) is 24.0 Å². The first kappa shape index (κ1) is 20.7. The quantitative estimate of drug-likeness (QED) is 0.834. The van der Waals surface area contributed by atoms with Crippen LogP contribution in [0.4, 0.5) is 18.9 Å². The lowest BCUT2D eigenvalue weighted by atomic mass is 10.0. The van der Waals surface area contributed by atoms with Crippen LogP contribution in [-0.2, 0) is 27.4 Å². The molecule has 1 fully saturated rings. The maximum Gasteiger partial charge on any atom is 0.416 e. The Hall–Kier alpha value is -1.32. The van der Waals surface area contributed by atoms with Crippen LogP contribution in [0.5, 0.6) is 0 Å². The number of hydrogen-bond acceptors (Lipinski definition) is 4. The number of carbonyl (C=O) groups excluding carboxylic acids is 1. The number of amides is 1. The summed E-state index contributed by atoms with van der Waals surface area (Å²) < 4.78 is 61.2. The molecule has 1 aromatic rings. The zero-order chi connectivity index (χ0) is 17.3. The molecule has 0 radical (unpaired) electrons. The molecule has 1 saturated heterocycles. The van der Waals surface area contributed by atoms with Crippen LogP contribution >= 0.6 is 12.4 Å². The number of carbonyl (C=O) groups is 1. The molecule has 2 rings (SSSR count). The van der Waals surface area contributed by atoms with Crippen molar-refractivity contribution < 1.29 is 26.4 Å². The van der Waals surface area contributed by atoms with E-state index in [2.05, 4.69) is 5.32 Å². The van der Waals surface area contributed by atoms with Crippen molar-refractivity contribution in [3.8, 4) is 0 Å². The summed E-state index contributed by atoms with van der Waals surface area (Å²) in [5.41, 5.74) is 4.76. The van der Waals surface area contributed by atoms with E-state index in [1.807, 2.05) is 0 Å². The molecule has 1 aromatic carbocycles. The lowest BCUT2D eigenvalue weighted by Crippen LogP contribution is -2.32. The Bertz CT molecular complexity index is 694. The number of rotatable bonds is 3. The average molecular weight is 387 g/mol. The van der Waals surface area contributed by atoms with Gasteiger partial charge in [-0.15, -0.1) is 12.4 Å². The monoisotopic (exact) mass is 386 g/mol. The molecule has 1 amide bonds. The zero-order valence-electron chi connectivity index (χ0n) is 12.6. The summed E-state index contributed by atoms with van der Waals surface area (Å²) in [4.78, 5) is 12.1. The van der Waals surface area contributed by atoms with Gasteiger partial charge in [0.15, 0.2) is 0 Å². The Morgan fingerprint density at radius 3 is 2.29 bits per heavy atom. The average Bonchev–Trinajstić information content (AvgIpc) is 2.45. The number of sulfone groups is 1. The molecule has 0 aliphatic carbocycles. The van der Waals surface area contributed by atoms with E-state index < -0.39 is 33.4 Å². The Labute approximate surface area is 144 Å². The molecule has 136 valence electrons. The molecular formula is C14H18ClF3N2O3S. The Kier molecular flexibility index (Phi) is 6.66. The van der Waals surface area contributed by atoms with Gasteiger partial charge in [-0.25, -0.2) is 8.42 Å². The fraction of sp³-hybridized carbons (Fsp3) is 0.500. The number of nitrogens with one attached hydrogen (secondary N) is 1. The van der Waals surface area contributed by atoms with Gasteiger partial charge in [-0.1, -0.05) is 0 Å². The molecule has 1 aliphatic heterocycles. The second kappa shape index (κ2) is 7.71. The van der Waals surface area contributed by atoms with Gasteiger partial charge < -0.3 is 11.1 Å². The highest BCUT2D eigenvalue weighted by Crippen LogP contribution is 2.32. The van der Waals surface area contributed by atoms with E-state index in [9.17, 15) is 26.4 Å². The minimum absolute atomic E-state index is 0. The third-order valence-electron chi connectivity index (χ3n) is 3.75. The number of alkyl halides is 3. The van der Waals surface area contributed by atoms with E-state index in [1.54, 1.807) is 0 Å². The highest BCUT2D eigenvalue weighted by molar-refractivity contribution is 7.91. The first-order valence-electron chi connectivity index (χ1n) is 7.03. The number of benzene rings is 1. The van der Waals surface area contributed by atoms with Crippen LogP contribution < -0.4 is 11.1 Å². The van der Waals surface area contributed by atoms with E-state index in [-0.39, 0.29) is 54.5 Å². The molecule has 0 aromatic heterocycles. The van der Waals surface area contributed by atoms with E-state index in [4.69, 9.17) is 5.73 Å². The summed E-state index contributed by atoms with van der Waals surface area (Å²) in [7, 11) is -3.10. The molecule has 0 atom stereocenters. The van der Waals surface area contributed by atoms with Crippen LogP contribution in [0.2, 0.25) is 0 Å². The first-order valence-corrected chi connectivity index (χ1v) is 8.85.